The van der Waals surface area contributed by atoms with Gasteiger partial charge in [-0.3, -0.25) is 14.3 Å². The lowest BCUT2D eigenvalue weighted by atomic mass is 9.46. The van der Waals surface area contributed by atoms with E-state index in [4.69, 9.17) is 30.8 Å². The molecule has 3 saturated carbocycles. The minimum Gasteiger partial charge on any atom is -0.483 e. The molecule has 42 heavy (non-hydrogen) atoms. The lowest BCUT2D eigenvalue weighted by Crippen LogP contribution is -2.68. The summed E-state index contributed by atoms with van der Waals surface area (Å²) >= 11 is 5.71. The van der Waals surface area contributed by atoms with E-state index < -0.39 is 17.3 Å². The van der Waals surface area contributed by atoms with Crippen molar-refractivity contribution in [1.29, 1.82) is 0 Å². The number of hydrogen-bond acceptors (Lipinski definition) is 9. The highest BCUT2D eigenvalue weighted by Crippen LogP contribution is 2.62. The second kappa shape index (κ2) is 10.0. The first-order valence-corrected chi connectivity index (χ1v) is 15.2. The van der Waals surface area contributed by atoms with E-state index in [1.54, 1.807) is 47.8 Å². The second-order valence-corrected chi connectivity index (χ2v) is 13.2. The van der Waals surface area contributed by atoms with E-state index in [1.807, 2.05) is 6.07 Å². The predicted octanol–water partition coefficient (Wildman–Crippen LogP) is 5.20. The van der Waals surface area contributed by atoms with Crippen LogP contribution >= 0.6 is 12.2 Å². The molecule has 0 amide bonds. The smallest absolute Gasteiger partial charge is 0.343 e. The van der Waals surface area contributed by atoms with Crippen LogP contribution in [0.2, 0.25) is 0 Å². The molecule has 1 aliphatic heterocycles. The molecule has 4 heterocycles. The molecule has 2 unspecified atom stereocenters. The molecule has 0 bridgehead atoms. The Hall–Kier alpha value is -3.53. The number of rotatable bonds is 4. The van der Waals surface area contributed by atoms with Gasteiger partial charge in [0.25, 0.3) is 5.17 Å². The molecule has 3 aromatic heterocycles. The summed E-state index contributed by atoms with van der Waals surface area (Å²) < 4.78 is 27.0. The largest absolute Gasteiger partial charge is 0.483 e. The fourth-order valence-corrected chi connectivity index (χ4v) is 8.13. The number of esters is 1. The fraction of sp³-hybridized carbons (Fsp3) is 0.531. The van der Waals surface area contributed by atoms with Crippen molar-refractivity contribution < 1.29 is 23.4 Å². The predicted molar refractivity (Wildman–Crippen MR) is 157 cm³/mol. The number of imidazole rings is 1. The maximum absolute atomic E-state index is 13.4. The third-order valence-corrected chi connectivity index (χ3v) is 10.8. The normalized spacial score (nSPS) is 33.4. The average Bonchev–Trinajstić information content (AvgIpc) is 3.69. The van der Waals surface area contributed by atoms with Gasteiger partial charge in [0.15, 0.2) is 0 Å². The van der Waals surface area contributed by atoms with E-state index in [0.717, 1.165) is 25.7 Å². The van der Waals surface area contributed by atoms with Crippen molar-refractivity contribution in [3.8, 4) is 17.1 Å². The molecule has 7 atom stereocenters. The van der Waals surface area contributed by atoms with Crippen LogP contribution in [0, 0.1) is 29.1 Å². The van der Waals surface area contributed by atoms with Crippen LogP contribution in [0.5, 0.6) is 5.75 Å². The van der Waals surface area contributed by atoms with Gasteiger partial charge in [-0.1, -0.05) is 13.8 Å². The Morgan fingerprint density at radius 2 is 2.00 bits per heavy atom. The second-order valence-electron chi connectivity index (χ2n) is 12.9. The maximum Gasteiger partial charge on any atom is 0.343 e. The van der Waals surface area contributed by atoms with Crippen LogP contribution in [0.1, 0.15) is 58.4 Å². The molecular weight excluding hydrogens is 554 g/mol. The van der Waals surface area contributed by atoms with Gasteiger partial charge in [-0.2, -0.15) is 0 Å². The molecule has 220 valence electrons. The van der Waals surface area contributed by atoms with E-state index in [2.05, 4.69) is 30.7 Å². The Kier molecular flexibility index (Phi) is 6.53. The van der Waals surface area contributed by atoms with E-state index >= 15 is 0 Å². The zero-order valence-corrected chi connectivity index (χ0v) is 24.8. The van der Waals surface area contributed by atoms with Crippen molar-refractivity contribution in [2.45, 2.75) is 77.1 Å². The Bertz CT molecular complexity index is 1570. The van der Waals surface area contributed by atoms with E-state index in [0.29, 0.717) is 40.7 Å². The number of hydrogen-bond donors (Lipinski definition) is 0. The third kappa shape index (κ3) is 4.46. The molecule has 0 saturated heterocycles. The molecular formula is C32H35N3O6S. The number of thiocarbonyl (C=S) groups is 1. The lowest BCUT2D eigenvalue weighted by Gasteiger charge is -2.63. The number of nitrogens with zero attached hydrogens (tertiary/aromatic N) is 3. The van der Waals surface area contributed by atoms with Crippen LogP contribution < -0.4 is 10.4 Å². The number of aromatic nitrogens is 3. The summed E-state index contributed by atoms with van der Waals surface area (Å²) in [6.45, 7) is 6.58. The number of ether oxygens (including phenoxy) is 3. The SMILES string of the molecule is C[C@@H]1C2C[C@H](OC(=S)n3ccnc3)[C@@]3(C)Oc4cc(-c5cccnc5)oc(=O)c4CC3[C@@]2(C)CC[C@@H]1OC(=O)C1CC1. The van der Waals surface area contributed by atoms with Crippen LogP contribution in [0.25, 0.3) is 11.3 Å². The molecule has 0 aromatic carbocycles. The minimum atomic E-state index is -0.792. The van der Waals surface area contributed by atoms with Crippen LogP contribution in [0.3, 0.4) is 0 Å². The van der Waals surface area contributed by atoms with Gasteiger partial charge in [-0.15, -0.1) is 0 Å². The molecule has 0 radical (unpaired) electrons. The molecule has 10 heteroatoms. The first-order chi connectivity index (χ1) is 20.2. The van der Waals surface area contributed by atoms with Crippen molar-refractivity contribution in [2.75, 3.05) is 0 Å². The van der Waals surface area contributed by atoms with Crippen molar-refractivity contribution in [1.82, 2.24) is 14.5 Å². The van der Waals surface area contributed by atoms with Gasteiger partial charge < -0.3 is 18.6 Å². The first-order valence-electron chi connectivity index (χ1n) is 14.8. The summed E-state index contributed by atoms with van der Waals surface area (Å²) in [4.78, 5) is 34.4. The molecule has 9 nitrogen and oxygen atoms in total. The van der Waals surface area contributed by atoms with Crippen molar-refractivity contribution in [3.63, 3.8) is 0 Å². The summed E-state index contributed by atoms with van der Waals surface area (Å²) in [5.41, 5.74) is -0.145. The first kappa shape index (κ1) is 27.3. The van der Waals surface area contributed by atoms with Crippen molar-refractivity contribution in [3.05, 3.63) is 65.3 Å². The monoisotopic (exact) mass is 589 g/mol. The third-order valence-electron chi connectivity index (χ3n) is 10.5. The molecule has 3 fully saturated rings. The van der Waals surface area contributed by atoms with Crippen LogP contribution in [0.15, 0.2) is 58.5 Å². The van der Waals surface area contributed by atoms with Crippen LogP contribution in [0.4, 0.5) is 0 Å². The molecule has 7 rings (SSSR count). The van der Waals surface area contributed by atoms with Gasteiger partial charge in [0.05, 0.1) is 11.5 Å². The molecule has 3 aliphatic carbocycles. The maximum atomic E-state index is 13.4. The lowest BCUT2D eigenvalue weighted by molar-refractivity contribution is -0.214. The van der Waals surface area contributed by atoms with Gasteiger partial charge in [-0.25, -0.2) is 9.78 Å². The van der Waals surface area contributed by atoms with Crippen LogP contribution in [-0.4, -0.2) is 43.5 Å². The summed E-state index contributed by atoms with van der Waals surface area (Å²) in [6.07, 6.45) is 12.4. The van der Waals surface area contributed by atoms with Gasteiger partial charge in [0.1, 0.15) is 35.6 Å². The molecule has 0 N–H and O–H groups in total. The van der Waals surface area contributed by atoms with Crippen molar-refractivity contribution in [2.24, 2.45) is 29.1 Å². The Morgan fingerprint density at radius 1 is 1.17 bits per heavy atom. The summed E-state index contributed by atoms with van der Waals surface area (Å²) in [6, 6.07) is 5.45. The fourth-order valence-electron chi connectivity index (χ4n) is 7.90. The van der Waals surface area contributed by atoms with E-state index in [1.165, 1.54) is 0 Å². The highest BCUT2D eigenvalue weighted by Gasteiger charge is 2.65. The topological polar surface area (TPSA) is 106 Å². The van der Waals surface area contributed by atoms with E-state index in [-0.39, 0.29) is 41.2 Å². The van der Waals surface area contributed by atoms with Gasteiger partial charge in [0, 0.05) is 42.3 Å². The highest BCUT2D eigenvalue weighted by molar-refractivity contribution is 7.80. The number of pyridine rings is 1. The molecule has 4 aliphatic rings. The number of carbonyl (C=O) groups is 1. The quantitative estimate of drug-likeness (QED) is 0.300. The summed E-state index contributed by atoms with van der Waals surface area (Å²) in [5.74, 6) is 1.10. The van der Waals surface area contributed by atoms with Gasteiger partial charge >= 0.3 is 11.6 Å². The zero-order chi connectivity index (χ0) is 29.2. The zero-order valence-electron chi connectivity index (χ0n) is 24.0. The van der Waals surface area contributed by atoms with Gasteiger partial charge in [-0.05, 0) is 87.1 Å². The molecule has 3 aromatic rings. The molecule has 0 spiro atoms. The van der Waals surface area contributed by atoms with Crippen LogP contribution in [-0.2, 0) is 20.7 Å². The van der Waals surface area contributed by atoms with Crippen molar-refractivity contribution >= 4 is 23.4 Å². The highest BCUT2D eigenvalue weighted by atomic mass is 32.1. The Balaban J connectivity index is 1.27. The Labute approximate surface area is 249 Å². The number of fused-ring (bicyclic) bond motifs is 4. The standard InChI is InChI=1S/C32H35N3O6S/c1-18-22-14-27(40-30(42)35-12-11-34-17-35)32(3)26(31(22,2)9-8-23(18)38-28(36)19-6-7-19)13-21-25(41-32)15-24(39-29(21)37)20-5-4-10-33-16-20/h4-5,10-12,15-19,22-23,26-27H,6-9,13-14H2,1-3H3/t18-,22?,23+,26?,27+,31+,32+/m1/s1. The summed E-state index contributed by atoms with van der Waals surface area (Å²) in [7, 11) is 0. The summed E-state index contributed by atoms with van der Waals surface area (Å²) in [5, 5.41) is 0.291. The Morgan fingerprint density at radius 3 is 2.71 bits per heavy atom. The van der Waals surface area contributed by atoms with Gasteiger partial charge in [0.2, 0.25) is 0 Å². The average molecular weight is 590 g/mol. The van der Waals surface area contributed by atoms with E-state index in [9.17, 15) is 9.59 Å². The minimum absolute atomic E-state index is 0.0582. The number of carbonyl (C=O) groups excluding carboxylic acids is 1.